The Hall–Kier alpha value is -1.88. The van der Waals surface area contributed by atoms with Crippen molar-refractivity contribution >= 4 is 12.2 Å². The van der Waals surface area contributed by atoms with E-state index in [1.54, 1.807) is 7.11 Å². The van der Waals surface area contributed by atoms with Crippen molar-refractivity contribution in [3.63, 3.8) is 0 Å². The van der Waals surface area contributed by atoms with Gasteiger partial charge in [0.05, 0.1) is 7.11 Å². The summed E-state index contributed by atoms with van der Waals surface area (Å²) in [4.78, 5) is 0. The molecule has 0 aliphatic rings. The zero-order chi connectivity index (χ0) is 13.0. The van der Waals surface area contributed by atoms with Crippen LogP contribution in [-0.4, -0.2) is 21.9 Å². The molecular formula is C13H15N3OS. The molecule has 1 heterocycles. The average Bonchev–Trinajstić information content (AvgIpc) is 2.73. The van der Waals surface area contributed by atoms with E-state index in [0.717, 1.165) is 23.6 Å². The Kier molecular flexibility index (Phi) is 3.94. The van der Waals surface area contributed by atoms with Crippen LogP contribution in [0.2, 0.25) is 0 Å². The SMILES string of the molecule is C=CCn1c(Cc2ccc(OC)cc2)n[nH]c1=S. The van der Waals surface area contributed by atoms with Crippen LogP contribution < -0.4 is 4.74 Å². The molecule has 1 aromatic carbocycles. The molecular weight excluding hydrogens is 246 g/mol. The second-order valence-corrected chi connectivity index (χ2v) is 4.26. The van der Waals surface area contributed by atoms with Gasteiger partial charge in [0.1, 0.15) is 11.6 Å². The molecule has 5 heteroatoms. The molecule has 94 valence electrons. The fourth-order valence-electron chi connectivity index (χ4n) is 1.73. The third-order valence-electron chi connectivity index (χ3n) is 2.67. The van der Waals surface area contributed by atoms with Crippen LogP contribution in [0.15, 0.2) is 36.9 Å². The molecule has 0 spiro atoms. The number of H-pyrrole nitrogens is 1. The van der Waals surface area contributed by atoms with Crippen LogP contribution in [-0.2, 0) is 13.0 Å². The number of rotatable bonds is 5. The van der Waals surface area contributed by atoms with Crippen molar-refractivity contribution in [1.29, 1.82) is 0 Å². The van der Waals surface area contributed by atoms with E-state index in [4.69, 9.17) is 17.0 Å². The number of benzene rings is 1. The minimum Gasteiger partial charge on any atom is -0.497 e. The van der Waals surface area contributed by atoms with Gasteiger partial charge in [0.15, 0.2) is 4.77 Å². The Bertz CT molecular complexity index is 583. The fraction of sp³-hybridized carbons (Fsp3) is 0.231. The van der Waals surface area contributed by atoms with Crippen LogP contribution in [0.5, 0.6) is 5.75 Å². The van der Waals surface area contributed by atoms with Gasteiger partial charge < -0.3 is 4.74 Å². The van der Waals surface area contributed by atoms with Gasteiger partial charge in [-0.1, -0.05) is 18.2 Å². The summed E-state index contributed by atoms with van der Waals surface area (Å²) in [5.74, 6) is 1.76. The standard InChI is InChI=1S/C13H15N3OS/c1-3-8-16-12(14-15-13(16)18)9-10-4-6-11(17-2)7-5-10/h3-7H,1,8-9H2,2H3,(H,15,18). The molecule has 2 aromatic rings. The average molecular weight is 261 g/mol. The first-order valence-corrected chi connectivity index (χ1v) is 6.03. The van der Waals surface area contributed by atoms with Gasteiger partial charge in [-0.2, -0.15) is 5.10 Å². The molecule has 0 aliphatic carbocycles. The van der Waals surface area contributed by atoms with E-state index >= 15 is 0 Å². The molecule has 0 fully saturated rings. The lowest BCUT2D eigenvalue weighted by atomic mass is 10.1. The highest BCUT2D eigenvalue weighted by molar-refractivity contribution is 7.71. The molecule has 0 unspecified atom stereocenters. The summed E-state index contributed by atoms with van der Waals surface area (Å²) in [5.41, 5.74) is 1.16. The lowest BCUT2D eigenvalue weighted by Gasteiger charge is -2.05. The summed E-state index contributed by atoms with van der Waals surface area (Å²) >= 11 is 5.17. The van der Waals surface area contributed by atoms with Gasteiger partial charge in [-0.25, -0.2) is 0 Å². The molecule has 1 aromatic heterocycles. The maximum atomic E-state index is 5.17. The van der Waals surface area contributed by atoms with E-state index in [1.807, 2.05) is 34.9 Å². The van der Waals surface area contributed by atoms with Gasteiger partial charge in [-0.15, -0.1) is 6.58 Å². The zero-order valence-electron chi connectivity index (χ0n) is 10.2. The number of hydrogen-bond donors (Lipinski definition) is 1. The highest BCUT2D eigenvalue weighted by Gasteiger charge is 2.06. The Morgan fingerprint density at radius 2 is 2.17 bits per heavy atom. The molecule has 0 saturated heterocycles. The molecule has 0 amide bonds. The van der Waals surface area contributed by atoms with Crippen molar-refractivity contribution in [3.05, 3.63) is 53.1 Å². The minimum absolute atomic E-state index is 0.624. The van der Waals surface area contributed by atoms with Gasteiger partial charge in [0, 0.05) is 13.0 Å². The summed E-state index contributed by atoms with van der Waals surface area (Å²) in [6.07, 6.45) is 2.54. The predicted octanol–water partition coefficient (Wildman–Crippen LogP) is 2.73. The lowest BCUT2D eigenvalue weighted by Crippen LogP contribution is -2.03. The molecule has 18 heavy (non-hydrogen) atoms. The van der Waals surface area contributed by atoms with E-state index in [9.17, 15) is 0 Å². The molecule has 0 radical (unpaired) electrons. The maximum Gasteiger partial charge on any atom is 0.195 e. The van der Waals surface area contributed by atoms with Gasteiger partial charge in [-0.3, -0.25) is 9.67 Å². The third kappa shape index (κ3) is 2.68. The Morgan fingerprint density at radius 1 is 1.44 bits per heavy atom. The van der Waals surface area contributed by atoms with E-state index in [-0.39, 0.29) is 0 Å². The highest BCUT2D eigenvalue weighted by atomic mass is 32.1. The summed E-state index contributed by atoms with van der Waals surface area (Å²) in [6, 6.07) is 7.92. The fourth-order valence-corrected chi connectivity index (χ4v) is 1.95. The zero-order valence-corrected chi connectivity index (χ0v) is 11.0. The largest absolute Gasteiger partial charge is 0.497 e. The van der Waals surface area contributed by atoms with Crippen LogP contribution in [0, 0.1) is 4.77 Å². The molecule has 2 rings (SSSR count). The number of allylic oxidation sites excluding steroid dienone is 1. The first kappa shape index (κ1) is 12.6. The molecule has 0 bridgehead atoms. The van der Waals surface area contributed by atoms with E-state index in [2.05, 4.69) is 16.8 Å². The normalized spacial score (nSPS) is 10.3. The number of aromatic nitrogens is 3. The summed E-state index contributed by atoms with van der Waals surface area (Å²) in [7, 11) is 1.66. The number of nitrogens with one attached hydrogen (secondary N) is 1. The topological polar surface area (TPSA) is 42.8 Å². The maximum absolute atomic E-state index is 5.17. The van der Waals surface area contributed by atoms with Crippen molar-refractivity contribution < 1.29 is 4.74 Å². The first-order chi connectivity index (χ1) is 8.74. The van der Waals surface area contributed by atoms with E-state index in [1.165, 1.54) is 0 Å². The quantitative estimate of drug-likeness (QED) is 0.664. The van der Waals surface area contributed by atoms with Gasteiger partial charge in [-0.05, 0) is 29.9 Å². The molecule has 4 nitrogen and oxygen atoms in total. The van der Waals surface area contributed by atoms with Crippen molar-refractivity contribution in [2.45, 2.75) is 13.0 Å². The summed E-state index contributed by atoms with van der Waals surface area (Å²) in [5, 5.41) is 7.05. The van der Waals surface area contributed by atoms with E-state index < -0.39 is 0 Å². The summed E-state index contributed by atoms with van der Waals surface area (Å²) in [6.45, 7) is 4.39. The van der Waals surface area contributed by atoms with Gasteiger partial charge in [0.25, 0.3) is 0 Å². The van der Waals surface area contributed by atoms with Crippen molar-refractivity contribution in [1.82, 2.24) is 14.8 Å². The summed E-state index contributed by atoms with van der Waals surface area (Å²) < 4.78 is 7.69. The predicted molar refractivity (Wildman–Crippen MR) is 73.4 cm³/mol. The third-order valence-corrected chi connectivity index (χ3v) is 2.98. The number of ether oxygens (including phenoxy) is 1. The van der Waals surface area contributed by atoms with E-state index in [0.29, 0.717) is 11.3 Å². The molecule has 0 atom stereocenters. The van der Waals surface area contributed by atoms with Crippen LogP contribution in [0.3, 0.4) is 0 Å². The Morgan fingerprint density at radius 3 is 2.78 bits per heavy atom. The van der Waals surface area contributed by atoms with Crippen LogP contribution in [0.1, 0.15) is 11.4 Å². The van der Waals surface area contributed by atoms with Crippen molar-refractivity contribution in [3.8, 4) is 5.75 Å². The number of nitrogens with zero attached hydrogens (tertiary/aromatic N) is 2. The smallest absolute Gasteiger partial charge is 0.195 e. The molecule has 1 N–H and O–H groups in total. The highest BCUT2D eigenvalue weighted by Crippen LogP contribution is 2.14. The second-order valence-electron chi connectivity index (χ2n) is 3.87. The van der Waals surface area contributed by atoms with Crippen molar-refractivity contribution in [2.75, 3.05) is 7.11 Å². The monoisotopic (exact) mass is 261 g/mol. The van der Waals surface area contributed by atoms with Crippen molar-refractivity contribution in [2.24, 2.45) is 0 Å². The van der Waals surface area contributed by atoms with Crippen LogP contribution in [0.4, 0.5) is 0 Å². The lowest BCUT2D eigenvalue weighted by molar-refractivity contribution is 0.414. The number of hydrogen-bond acceptors (Lipinski definition) is 3. The first-order valence-electron chi connectivity index (χ1n) is 5.62. The Balaban J connectivity index is 2.22. The van der Waals surface area contributed by atoms with Gasteiger partial charge >= 0.3 is 0 Å². The van der Waals surface area contributed by atoms with Crippen LogP contribution >= 0.6 is 12.2 Å². The second kappa shape index (κ2) is 5.64. The molecule has 0 aliphatic heterocycles. The number of aromatic amines is 1. The Labute approximate surface area is 111 Å². The number of methoxy groups -OCH3 is 1. The van der Waals surface area contributed by atoms with Gasteiger partial charge in [0.2, 0.25) is 0 Å². The molecule has 0 saturated carbocycles. The van der Waals surface area contributed by atoms with Crippen LogP contribution in [0.25, 0.3) is 0 Å². The minimum atomic E-state index is 0.624.